The fourth-order valence-electron chi connectivity index (χ4n) is 4.74. The molecule has 3 aromatic rings. The highest BCUT2D eigenvalue weighted by Gasteiger charge is 2.46. The molecule has 1 saturated heterocycles. The molecule has 0 aliphatic carbocycles. The number of amides is 1. The first-order valence-corrected chi connectivity index (χ1v) is 12.3. The van der Waals surface area contributed by atoms with Gasteiger partial charge in [0.05, 0.1) is 31.0 Å². The van der Waals surface area contributed by atoms with Gasteiger partial charge in [-0.3, -0.25) is 14.6 Å². The number of benzene rings is 2. The maximum Gasteiger partial charge on any atom is 0.296 e. The summed E-state index contributed by atoms with van der Waals surface area (Å²) >= 11 is 0. The molecule has 1 amide bonds. The molecule has 1 atom stereocenters. The Morgan fingerprint density at radius 1 is 1.11 bits per heavy atom. The summed E-state index contributed by atoms with van der Waals surface area (Å²) in [6, 6.07) is 16.1. The van der Waals surface area contributed by atoms with E-state index in [-0.39, 0.29) is 23.8 Å². The van der Waals surface area contributed by atoms with Crippen LogP contribution in [-0.2, 0) is 16.1 Å². The van der Waals surface area contributed by atoms with Crippen LogP contribution in [0.25, 0.3) is 5.76 Å². The summed E-state index contributed by atoms with van der Waals surface area (Å²) in [6.07, 6.45) is 1.65. The van der Waals surface area contributed by atoms with E-state index in [9.17, 15) is 14.7 Å². The number of nitrogens with zero attached hydrogens (tertiary/aromatic N) is 3. The van der Waals surface area contributed by atoms with Crippen LogP contribution in [-0.4, -0.2) is 47.9 Å². The number of carbonyl (C=O) groups excluding carboxylic acids is 2. The van der Waals surface area contributed by atoms with E-state index in [1.807, 2.05) is 88.3 Å². The normalized spacial score (nSPS) is 16.9. The summed E-state index contributed by atoms with van der Waals surface area (Å²) in [7, 11) is 5.50. The molecule has 1 fully saturated rings. The van der Waals surface area contributed by atoms with Gasteiger partial charge in [-0.25, -0.2) is 0 Å². The number of hydrogen-bond acceptors (Lipinski definition) is 6. The standard InChI is InChI=1S/C30H33N3O4/c1-18(2)23-16-24(19(3)15-25(23)37-6)28(34)26-27(20-10-12-22(13-11-20)32(4)5)33(30(36)29(26)35)17-21-9-7-8-14-31-21/h7-16,18,27,34H,17H2,1-6H3/b28-26+. The molecular weight excluding hydrogens is 466 g/mol. The molecule has 4 rings (SSSR count). The minimum Gasteiger partial charge on any atom is -0.507 e. The highest BCUT2D eigenvalue weighted by atomic mass is 16.5. The van der Waals surface area contributed by atoms with E-state index in [2.05, 4.69) is 4.98 Å². The van der Waals surface area contributed by atoms with Gasteiger partial charge in [0.1, 0.15) is 11.5 Å². The average Bonchev–Trinajstić information content (AvgIpc) is 3.13. The zero-order valence-corrected chi connectivity index (χ0v) is 22.1. The fourth-order valence-corrected chi connectivity index (χ4v) is 4.74. The Labute approximate surface area is 218 Å². The molecule has 2 heterocycles. The number of pyridine rings is 1. The molecular formula is C30H33N3O4. The highest BCUT2D eigenvalue weighted by Crippen LogP contribution is 2.42. The Kier molecular flexibility index (Phi) is 7.34. The van der Waals surface area contributed by atoms with E-state index < -0.39 is 17.7 Å². The van der Waals surface area contributed by atoms with Crippen molar-refractivity contribution in [3.8, 4) is 5.75 Å². The van der Waals surface area contributed by atoms with Crippen LogP contribution in [0.15, 0.2) is 66.4 Å². The predicted molar refractivity (Wildman–Crippen MR) is 145 cm³/mol. The van der Waals surface area contributed by atoms with Crippen molar-refractivity contribution in [2.75, 3.05) is 26.1 Å². The number of aliphatic hydroxyl groups is 1. The zero-order chi connectivity index (χ0) is 26.9. The number of aryl methyl sites for hydroxylation is 1. The number of hydrogen-bond donors (Lipinski definition) is 1. The van der Waals surface area contributed by atoms with Gasteiger partial charge in [0.25, 0.3) is 11.7 Å². The molecule has 0 radical (unpaired) electrons. The molecule has 0 bridgehead atoms. The van der Waals surface area contributed by atoms with E-state index in [1.165, 1.54) is 4.90 Å². The SMILES string of the molecule is COc1cc(C)c(/C(O)=C2\C(=O)C(=O)N(Cc3ccccn3)C2c2ccc(N(C)C)cc2)cc1C(C)C. The number of aromatic nitrogens is 1. The third kappa shape index (κ3) is 4.94. The lowest BCUT2D eigenvalue weighted by atomic mass is 9.91. The van der Waals surface area contributed by atoms with Crippen molar-refractivity contribution in [3.05, 3.63) is 94.3 Å². The number of Topliss-reactive ketones (excluding diaryl/α,β-unsaturated/α-hetero) is 1. The molecule has 1 unspecified atom stereocenters. The maximum atomic E-state index is 13.5. The van der Waals surface area contributed by atoms with Crippen LogP contribution in [0.5, 0.6) is 5.75 Å². The summed E-state index contributed by atoms with van der Waals surface area (Å²) in [5.74, 6) is -0.718. The number of carbonyl (C=O) groups is 2. The van der Waals surface area contributed by atoms with Crippen molar-refractivity contribution in [2.45, 2.75) is 39.3 Å². The highest BCUT2D eigenvalue weighted by molar-refractivity contribution is 6.46. The van der Waals surface area contributed by atoms with Crippen molar-refractivity contribution in [3.63, 3.8) is 0 Å². The largest absolute Gasteiger partial charge is 0.507 e. The van der Waals surface area contributed by atoms with Crippen molar-refractivity contribution >= 4 is 23.1 Å². The number of anilines is 1. The van der Waals surface area contributed by atoms with Crippen molar-refractivity contribution in [2.24, 2.45) is 0 Å². The van der Waals surface area contributed by atoms with Gasteiger partial charge < -0.3 is 19.6 Å². The third-order valence-corrected chi connectivity index (χ3v) is 6.78. The Morgan fingerprint density at radius 2 is 1.81 bits per heavy atom. The molecule has 1 aromatic heterocycles. The van der Waals surface area contributed by atoms with Crippen LogP contribution in [0.2, 0.25) is 0 Å². The monoisotopic (exact) mass is 499 g/mol. The maximum absolute atomic E-state index is 13.5. The number of aliphatic hydroxyl groups excluding tert-OH is 1. The minimum absolute atomic E-state index is 0.0708. The Morgan fingerprint density at radius 3 is 2.38 bits per heavy atom. The van der Waals surface area contributed by atoms with Crippen molar-refractivity contribution in [1.82, 2.24) is 9.88 Å². The predicted octanol–water partition coefficient (Wildman–Crippen LogP) is 5.21. The van der Waals surface area contributed by atoms with Gasteiger partial charge in [0, 0.05) is 31.5 Å². The molecule has 7 heteroatoms. The number of ketones is 1. The summed E-state index contributed by atoms with van der Waals surface area (Å²) in [5.41, 5.74) is 4.61. The van der Waals surface area contributed by atoms with Crippen molar-refractivity contribution in [1.29, 1.82) is 0 Å². The summed E-state index contributed by atoms with van der Waals surface area (Å²) in [6.45, 7) is 6.07. The second-order valence-electron chi connectivity index (χ2n) is 9.80. The van der Waals surface area contributed by atoms with Gasteiger partial charge in [-0.05, 0) is 65.9 Å². The van der Waals surface area contributed by atoms with Gasteiger partial charge in [-0.15, -0.1) is 0 Å². The van der Waals surface area contributed by atoms with Crippen molar-refractivity contribution < 1.29 is 19.4 Å². The fraction of sp³-hybridized carbons (Fsp3) is 0.300. The number of rotatable bonds is 7. The quantitative estimate of drug-likeness (QED) is 0.273. The average molecular weight is 500 g/mol. The Bertz CT molecular complexity index is 1350. The first-order valence-electron chi connectivity index (χ1n) is 12.3. The molecule has 192 valence electrons. The second-order valence-corrected chi connectivity index (χ2v) is 9.80. The van der Waals surface area contributed by atoms with E-state index in [0.29, 0.717) is 11.3 Å². The van der Waals surface area contributed by atoms with Crippen LogP contribution in [0.1, 0.15) is 53.8 Å². The lowest BCUT2D eigenvalue weighted by molar-refractivity contribution is -0.140. The van der Waals surface area contributed by atoms with E-state index >= 15 is 0 Å². The number of likely N-dealkylation sites (tertiary alicyclic amines) is 1. The molecule has 37 heavy (non-hydrogen) atoms. The van der Waals surface area contributed by atoms with E-state index in [1.54, 1.807) is 19.4 Å². The molecule has 2 aromatic carbocycles. The van der Waals surface area contributed by atoms with Gasteiger partial charge in [0.2, 0.25) is 0 Å². The molecule has 1 N–H and O–H groups in total. The lowest BCUT2D eigenvalue weighted by Crippen LogP contribution is -2.29. The Hall–Kier alpha value is -4.13. The summed E-state index contributed by atoms with van der Waals surface area (Å²) in [5, 5.41) is 11.6. The summed E-state index contributed by atoms with van der Waals surface area (Å²) in [4.78, 5) is 34.6. The van der Waals surface area contributed by atoms with Gasteiger partial charge >= 0.3 is 0 Å². The topological polar surface area (TPSA) is 83.0 Å². The molecule has 0 saturated carbocycles. The first kappa shape index (κ1) is 25.9. The molecule has 1 aliphatic rings. The van der Waals surface area contributed by atoms with Gasteiger partial charge in [0.15, 0.2) is 0 Å². The zero-order valence-electron chi connectivity index (χ0n) is 22.1. The lowest BCUT2D eigenvalue weighted by Gasteiger charge is -2.26. The second kappa shape index (κ2) is 10.5. The third-order valence-electron chi connectivity index (χ3n) is 6.78. The molecule has 1 aliphatic heterocycles. The Balaban J connectivity index is 1.91. The van der Waals surface area contributed by atoms with Crippen LogP contribution in [0.3, 0.4) is 0 Å². The minimum atomic E-state index is -0.762. The smallest absolute Gasteiger partial charge is 0.296 e. The van der Waals surface area contributed by atoms with Crippen LogP contribution < -0.4 is 9.64 Å². The van der Waals surface area contributed by atoms with E-state index in [4.69, 9.17) is 4.74 Å². The summed E-state index contributed by atoms with van der Waals surface area (Å²) < 4.78 is 5.55. The molecule has 7 nitrogen and oxygen atoms in total. The molecule has 0 spiro atoms. The van der Waals surface area contributed by atoms with Crippen LogP contribution in [0, 0.1) is 6.92 Å². The number of methoxy groups -OCH3 is 1. The van der Waals surface area contributed by atoms with Crippen LogP contribution in [0.4, 0.5) is 5.69 Å². The van der Waals surface area contributed by atoms with Gasteiger partial charge in [-0.2, -0.15) is 0 Å². The number of ether oxygens (including phenoxy) is 1. The van der Waals surface area contributed by atoms with Crippen LogP contribution >= 0.6 is 0 Å². The van der Waals surface area contributed by atoms with E-state index in [0.717, 1.165) is 28.1 Å². The van der Waals surface area contributed by atoms with Gasteiger partial charge in [-0.1, -0.05) is 32.0 Å². The first-order chi connectivity index (χ1) is 17.6.